The zero-order valence-corrected chi connectivity index (χ0v) is 18.0. The first-order chi connectivity index (χ1) is 13.4. The Bertz CT molecular complexity index is 974. The quantitative estimate of drug-likeness (QED) is 0.598. The van der Waals surface area contributed by atoms with Crippen LogP contribution in [0, 0.1) is 0 Å². The molecule has 5 nitrogen and oxygen atoms in total. The van der Waals surface area contributed by atoms with E-state index in [1.54, 1.807) is 6.20 Å². The molecule has 28 heavy (non-hydrogen) atoms. The molecular formula is C22H25BrN4O. The summed E-state index contributed by atoms with van der Waals surface area (Å²) in [6, 6.07) is 14.0. The predicted molar refractivity (Wildman–Crippen MR) is 120 cm³/mol. The summed E-state index contributed by atoms with van der Waals surface area (Å²) in [5.74, 6) is -0.0336. The van der Waals surface area contributed by atoms with Gasteiger partial charge >= 0.3 is 0 Å². The molecule has 0 saturated heterocycles. The van der Waals surface area contributed by atoms with E-state index in [0.717, 1.165) is 45.3 Å². The molecule has 2 aromatic carbocycles. The average Bonchev–Trinajstić information content (AvgIpc) is 2.66. The maximum Gasteiger partial charge on any atom is 0.228 e. The van der Waals surface area contributed by atoms with Crippen molar-refractivity contribution in [3.8, 4) is 0 Å². The van der Waals surface area contributed by atoms with Crippen LogP contribution in [0.25, 0.3) is 10.8 Å². The summed E-state index contributed by atoms with van der Waals surface area (Å²) in [7, 11) is 6.15. The van der Waals surface area contributed by atoms with Gasteiger partial charge in [0.15, 0.2) is 0 Å². The van der Waals surface area contributed by atoms with Crippen molar-refractivity contribution in [1.82, 2.24) is 9.88 Å². The second-order valence-electron chi connectivity index (χ2n) is 7.17. The van der Waals surface area contributed by atoms with E-state index in [9.17, 15) is 4.79 Å². The van der Waals surface area contributed by atoms with Crippen molar-refractivity contribution < 1.29 is 4.79 Å². The van der Waals surface area contributed by atoms with Crippen LogP contribution in [0.4, 0.5) is 11.4 Å². The van der Waals surface area contributed by atoms with Crippen molar-refractivity contribution in [2.24, 2.45) is 0 Å². The molecule has 1 heterocycles. The van der Waals surface area contributed by atoms with E-state index in [-0.39, 0.29) is 5.91 Å². The average molecular weight is 441 g/mol. The van der Waals surface area contributed by atoms with Gasteiger partial charge in [0.25, 0.3) is 0 Å². The van der Waals surface area contributed by atoms with Gasteiger partial charge in [-0.15, -0.1) is 0 Å². The minimum absolute atomic E-state index is 0.0336. The van der Waals surface area contributed by atoms with E-state index < -0.39 is 0 Å². The summed E-state index contributed by atoms with van der Waals surface area (Å²) in [5, 5.41) is 5.24. The topological polar surface area (TPSA) is 48.5 Å². The Morgan fingerprint density at radius 3 is 2.64 bits per heavy atom. The van der Waals surface area contributed by atoms with E-state index in [2.05, 4.69) is 50.1 Å². The van der Waals surface area contributed by atoms with Crippen molar-refractivity contribution in [3.05, 3.63) is 64.9 Å². The molecule has 0 aliphatic heterocycles. The molecule has 6 heteroatoms. The summed E-state index contributed by atoms with van der Waals surface area (Å²) >= 11 is 3.51. The zero-order chi connectivity index (χ0) is 20.1. The number of rotatable bonds is 7. The molecule has 1 N–H and O–H groups in total. The molecule has 3 aromatic rings. The van der Waals surface area contributed by atoms with Gasteiger partial charge in [0.2, 0.25) is 5.91 Å². The van der Waals surface area contributed by atoms with Gasteiger partial charge in [0, 0.05) is 42.4 Å². The fourth-order valence-electron chi connectivity index (χ4n) is 3.03. The van der Waals surface area contributed by atoms with Crippen LogP contribution in [0.5, 0.6) is 0 Å². The number of hydrogen-bond donors (Lipinski definition) is 1. The first-order valence-electron chi connectivity index (χ1n) is 9.20. The monoisotopic (exact) mass is 440 g/mol. The van der Waals surface area contributed by atoms with E-state index in [1.165, 1.54) is 0 Å². The lowest BCUT2D eigenvalue weighted by molar-refractivity contribution is -0.115. The van der Waals surface area contributed by atoms with Crippen LogP contribution in [0.3, 0.4) is 0 Å². The number of benzene rings is 2. The number of amides is 1. The minimum Gasteiger partial charge on any atom is -0.372 e. The molecule has 0 spiro atoms. The molecule has 0 saturated carbocycles. The van der Waals surface area contributed by atoms with Crippen LogP contribution in [0.2, 0.25) is 0 Å². The molecule has 1 aromatic heterocycles. The summed E-state index contributed by atoms with van der Waals surface area (Å²) in [4.78, 5) is 21.1. The Kier molecular flexibility index (Phi) is 6.65. The Morgan fingerprint density at radius 1 is 1.04 bits per heavy atom. The molecule has 0 bridgehead atoms. The van der Waals surface area contributed by atoms with E-state index in [1.807, 2.05) is 55.7 Å². The molecular weight excluding hydrogens is 416 g/mol. The highest BCUT2D eigenvalue weighted by Crippen LogP contribution is 2.29. The smallest absolute Gasteiger partial charge is 0.228 e. The molecule has 3 rings (SSSR count). The first-order valence-corrected chi connectivity index (χ1v) is 9.99. The second kappa shape index (κ2) is 9.17. The van der Waals surface area contributed by atoms with Gasteiger partial charge in [0.05, 0.1) is 17.8 Å². The Labute approximate surface area is 174 Å². The fraction of sp³-hybridized carbons (Fsp3) is 0.273. The molecule has 1 amide bonds. The number of pyridine rings is 1. The molecule has 0 aliphatic carbocycles. The van der Waals surface area contributed by atoms with Crippen LogP contribution in [-0.4, -0.2) is 50.0 Å². The van der Waals surface area contributed by atoms with Crippen molar-refractivity contribution in [1.29, 1.82) is 0 Å². The van der Waals surface area contributed by atoms with Crippen molar-refractivity contribution in [3.63, 3.8) is 0 Å². The molecule has 0 fully saturated rings. The minimum atomic E-state index is -0.0336. The summed E-state index contributed by atoms with van der Waals surface area (Å²) in [5.41, 5.74) is 2.79. The van der Waals surface area contributed by atoms with Crippen molar-refractivity contribution in [2.45, 2.75) is 6.42 Å². The van der Waals surface area contributed by atoms with Gasteiger partial charge in [0.1, 0.15) is 0 Å². The lowest BCUT2D eigenvalue weighted by Gasteiger charge is -2.24. The van der Waals surface area contributed by atoms with Crippen LogP contribution in [0.15, 0.2) is 59.3 Å². The number of halogens is 1. The Hall–Kier alpha value is -2.44. The first kappa shape index (κ1) is 20.3. The van der Waals surface area contributed by atoms with E-state index in [0.29, 0.717) is 6.42 Å². The van der Waals surface area contributed by atoms with Gasteiger partial charge in [-0.2, -0.15) is 0 Å². The Balaban J connectivity index is 1.74. The molecule has 0 aliphatic rings. The highest BCUT2D eigenvalue weighted by Gasteiger charge is 2.12. The van der Waals surface area contributed by atoms with Gasteiger partial charge in [-0.25, -0.2) is 0 Å². The maximum atomic E-state index is 12.7. The third kappa shape index (κ3) is 5.30. The third-order valence-electron chi connectivity index (χ3n) is 4.60. The van der Waals surface area contributed by atoms with Crippen LogP contribution < -0.4 is 10.2 Å². The number of carbonyl (C=O) groups is 1. The van der Waals surface area contributed by atoms with Crippen LogP contribution in [0.1, 0.15) is 5.56 Å². The summed E-state index contributed by atoms with van der Waals surface area (Å²) in [6.07, 6.45) is 3.92. The van der Waals surface area contributed by atoms with Gasteiger partial charge in [-0.05, 0) is 49.3 Å². The summed E-state index contributed by atoms with van der Waals surface area (Å²) in [6.45, 7) is 1.81. The fourth-order valence-corrected chi connectivity index (χ4v) is 3.40. The maximum absolute atomic E-state index is 12.7. The number of fused-ring (bicyclic) bond motifs is 1. The lowest BCUT2D eigenvalue weighted by Crippen LogP contribution is -2.29. The number of nitrogens with zero attached hydrogens (tertiary/aromatic N) is 3. The SMILES string of the molecule is CN(C)CCN(C)c1ccc(Br)cc1NC(=O)Cc1ccc2cnccc2c1. The van der Waals surface area contributed by atoms with Gasteiger partial charge < -0.3 is 15.1 Å². The van der Waals surface area contributed by atoms with Gasteiger partial charge in [-0.1, -0.05) is 34.1 Å². The molecule has 0 atom stereocenters. The number of nitrogens with one attached hydrogen (secondary N) is 1. The van der Waals surface area contributed by atoms with E-state index >= 15 is 0 Å². The predicted octanol–water partition coefficient (Wildman–Crippen LogP) is 4.18. The summed E-state index contributed by atoms with van der Waals surface area (Å²) < 4.78 is 0.936. The number of aromatic nitrogens is 1. The third-order valence-corrected chi connectivity index (χ3v) is 5.09. The van der Waals surface area contributed by atoms with Gasteiger partial charge in [-0.3, -0.25) is 9.78 Å². The molecule has 0 radical (unpaired) electrons. The second-order valence-corrected chi connectivity index (χ2v) is 8.08. The van der Waals surface area contributed by atoms with Crippen molar-refractivity contribution in [2.75, 3.05) is 44.4 Å². The molecule has 146 valence electrons. The van der Waals surface area contributed by atoms with Crippen LogP contribution >= 0.6 is 15.9 Å². The number of anilines is 2. The number of hydrogen-bond acceptors (Lipinski definition) is 4. The standard InChI is InChI=1S/C22H25BrN4O/c1-26(2)10-11-27(3)21-7-6-19(23)14-20(21)25-22(28)13-16-4-5-18-15-24-9-8-17(18)12-16/h4-9,12,14-15H,10-11,13H2,1-3H3,(H,25,28). The number of likely N-dealkylation sites (N-methyl/N-ethyl adjacent to an activating group) is 2. The lowest BCUT2D eigenvalue weighted by atomic mass is 10.1. The largest absolute Gasteiger partial charge is 0.372 e. The zero-order valence-electron chi connectivity index (χ0n) is 16.4. The highest BCUT2D eigenvalue weighted by molar-refractivity contribution is 9.10. The highest BCUT2D eigenvalue weighted by atomic mass is 79.9. The number of carbonyl (C=O) groups excluding carboxylic acids is 1. The van der Waals surface area contributed by atoms with E-state index in [4.69, 9.17) is 0 Å². The van der Waals surface area contributed by atoms with Crippen molar-refractivity contribution >= 4 is 44.0 Å². The Morgan fingerprint density at radius 2 is 1.86 bits per heavy atom. The normalized spacial score (nSPS) is 11.0. The van der Waals surface area contributed by atoms with Crippen LogP contribution in [-0.2, 0) is 11.2 Å². The molecule has 0 unspecified atom stereocenters.